The molecule has 0 aliphatic rings. The molecular formula is C9H12O. The van der Waals surface area contributed by atoms with Gasteiger partial charge in [-0.05, 0) is 11.5 Å². The van der Waals surface area contributed by atoms with Gasteiger partial charge in [-0.3, -0.25) is 4.79 Å². The monoisotopic (exact) mass is 136 g/mol. The molecule has 54 valence electrons. The van der Waals surface area contributed by atoms with Crippen LogP contribution in [0.3, 0.4) is 0 Å². The zero-order chi connectivity index (χ0) is 8.04. The van der Waals surface area contributed by atoms with E-state index in [1.165, 1.54) is 6.08 Å². The third-order valence-corrected chi connectivity index (χ3v) is 1.18. The second kappa shape index (κ2) is 3.90. The molecule has 0 amide bonds. The Morgan fingerprint density at radius 2 is 2.20 bits per heavy atom. The molecule has 0 spiro atoms. The van der Waals surface area contributed by atoms with Gasteiger partial charge in [0.05, 0.1) is 0 Å². The Morgan fingerprint density at radius 3 is 2.60 bits per heavy atom. The van der Waals surface area contributed by atoms with E-state index in [-0.39, 0.29) is 5.41 Å². The fraction of sp³-hybridized carbons (Fsp3) is 0.444. The molecule has 0 aromatic rings. The minimum absolute atomic E-state index is 0.0460. The fourth-order valence-electron chi connectivity index (χ4n) is 0.622. The Labute approximate surface area is 62.1 Å². The van der Waals surface area contributed by atoms with Gasteiger partial charge < -0.3 is 0 Å². The Morgan fingerprint density at radius 1 is 1.60 bits per heavy atom. The molecule has 0 unspecified atom stereocenters. The number of carbonyl (C=O) groups excluding carboxylic acids is 1. The van der Waals surface area contributed by atoms with Crippen molar-refractivity contribution in [3.05, 3.63) is 12.2 Å². The summed E-state index contributed by atoms with van der Waals surface area (Å²) in [5.41, 5.74) is -0.0460. The molecule has 0 saturated carbocycles. The van der Waals surface area contributed by atoms with E-state index in [0.717, 1.165) is 6.29 Å². The van der Waals surface area contributed by atoms with Crippen LogP contribution in [0.4, 0.5) is 0 Å². The fourth-order valence-corrected chi connectivity index (χ4v) is 0.622. The largest absolute Gasteiger partial charge is 0.299 e. The van der Waals surface area contributed by atoms with Gasteiger partial charge >= 0.3 is 0 Å². The predicted molar refractivity (Wildman–Crippen MR) is 42.4 cm³/mol. The Bertz CT molecular complexity index is 170. The van der Waals surface area contributed by atoms with Crippen LogP contribution in [-0.4, -0.2) is 6.29 Å². The van der Waals surface area contributed by atoms with E-state index < -0.39 is 0 Å². The lowest BCUT2D eigenvalue weighted by molar-refractivity contribution is -0.104. The Hall–Kier alpha value is -1.03. The second-order valence-electron chi connectivity index (χ2n) is 2.86. The van der Waals surface area contributed by atoms with Crippen molar-refractivity contribution in [1.82, 2.24) is 0 Å². The molecule has 1 heteroatoms. The van der Waals surface area contributed by atoms with Crippen LogP contribution in [-0.2, 0) is 4.79 Å². The van der Waals surface area contributed by atoms with Crippen molar-refractivity contribution in [2.24, 2.45) is 5.41 Å². The van der Waals surface area contributed by atoms with Crippen LogP contribution < -0.4 is 0 Å². The smallest absolute Gasteiger partial charge is 0.142 e. The Kier molecular flexibility index (Phi) is 3.49. The van der Waals surface area contributed by atoms with Crippen molar-refractivity contribution >= 4 is 6.29 Å². The van der Waals surface area contributed by atoms with Gasteiger partial charge in [-0.25, -0.2) is 0 Å². The number of hydrogen-bond donors (Lipinski definition) is 0. The zero-order valence-electron chi connectivity index (χ0n) is 6.42. The minimum Gasteiger partial charge on any atom is -0.299 e. The van der Waals surface area contributed by atoms with E-state index >= 15 is 0 Å². The molecule has 0 N–H and O–H groups in total. The molecule has 0 bridgehead atoms. The van der Waals surface area contributed by atoms with Gasteiger partial charge in [0.1, 0.15) is 6.29 Å². The molecule has 0 atom stereocenters. The van der Waals surface area contributed by atoms with Crippen molar-refractivity contribution in [3.63, 3.8) is 0 Å². The zero-order valence-corrected chi connectivity index (χ0v) is 6.42. The topological polar surface area (TPSA) is 17.1 Å². The molecule has 0 heterocycles. The average molecular weight is 136 g/mol. The van der Waals surface area contributed by atoms with Crippen molar-refractivity contribution in [2.75, 3.05) is 0 Å². The molecule has 0 aliphatic carbocycles. The van der Waals surface area contributed by atoms with Gasteiger partial charge in [0.25, 0.3) is 0 Å². The van der Waals surface area contributed by atoms with Crippen LogP contribution >= 0.6 is 0 Å². The average Bonchev–Trinajstić information content (AvgIpc) is 1.84. The van der Waals surface area contributed by atoms with E-state index in [0.29, 0.717) is 6.42 Å². The lowest BCUT2D eigenvalue weighted by Gasteiger charge is -2.14. The van der Waals surface area contributed by atoms with E-state index in [9.17, 15) is 4.79 Å². The lowest BCUT2D eigenvalue weighted by atomic mass is 9.89. The molecule has 0 radical (unpaired) electrons. The number of allylic oxidation sites excluding steroid dienone is 2. The SMILES string of the molecule is C#CCC(C)(C)/C=C/C=O. The maximum Gasteiger partial charge on any atom is 0.142 e. The summed E-state index contributed by atoms with van der Waals surface area (Å²) in [6.07, 6.45) is 9.84. The highest BCUT2D eigenvalue weighted by molar-refractivity contribution is 5.64. The summed E-state index contributed by atoms with van der Waals surface area (Å²) in [5.74, 6) is 2.55. The van der Waals surface area contributed by atoms with Crippen molar-refractivity contribution < 1.29 is 4.79 Å². The van der Waals surface area contributed by atoms with Crippen LogP contribution in [0, 0.1) is 17.8 Å². The number of hydrogen-bond acceptors (Lipinski definition) is 1. The Balaban J connectivity index is 4.00. The molecule has 0 rings (SSSR count). The lowest BCUT2D eigenvalue weighted by Crippen LogP contribution is -2.05. The van der Waals surface area contributed by atoms with Crippen LogP contribution in [0.25, 0.3) is 0 Å². The summed E-state index contributed by atoms with van der Waals surface area (Å²) in [4.78, 5) is 9.92. The van der Waals surface area contributed by atoms with Gasteiger partial charge in [0, 0.05) is 6.42 Å². The van der Waals surface area contributed by atoms with Crippen molar-refractivity contribution in [2.45, 2.75) is 20.3 Å². The number of carbonyl (C=O) groups is 1. The third kappa shape index (κ3) is 3.91. The first-order chi connectivity index (χ1) is 4.62. The molecule has 0 aromatic heterocycles. The van der Waals surface area contributed by atoms with E-state index in [4.69, 9.17) is 6.42 Å². The second-order valence-corrected chi connectivity index (χ2v) is 2.86. The van der Waals surface area contributed by atoms with Gasteiger partial charge in [-0.15, -0.1) is 12.3 Å². The normalized spacial score (nSPS) is 11.3. The first-order valence-electron chi connectivity index (χ1n) is 3.19. The van der Waals surface area contributed by atoms with Gasteiger partial charge in [0.15, 0.2) is 0 Å². The first-order valence-corrected chi connectivity index (χ1v) is 3.19. The van der Waals surface area contributed by atoms with Crippen LogP contribution in [0.5, 0.6) is 0 Å². The molecule has 0 aliphatic heterocycles. The maximum atomic E-state index is 9.92. The van der Waals surface area contributed by atoms with Crippen LogP contribution in [0.1, 0.15) is 20.3 Å². The molecular weight excluding hydrogens is 124 g/mol. The van der Waals surface area contributed by atoms with E-state index in [2.05, 4.69) is 5.92 Å². The highest BCUT2D eigenvalue weighted by atomic mass is 16.1. The predicted octanol–water partition coefficient (Wildman–Crippen LogP) is 1.79. The van der Waals surface area contributed by atoms with Crippen LogP contribution in [0.2, 0.25) is 0 Å². The summed E-state index contributed by atoms with van der Waals surface area (Å²) in [5, 5.41) is 0. The highest BCUT2D eigenvalue weighted by Crippen LogP contribution is 2.20. The number of rotatable bonds is 3. The van der Waals surface area contributed by atoms with Gasteiger partial charge in [-0.1, -0.05) is 19.9 Å². The third-order valence-electron chi connectivity index (χ3n) is 1.18. The highest BCUT2D eigenvalue weighted by Gasteiger charge is 2.10. The van der Waals surface area contributed by atoms with Crippen molar-refractivity contribution in [1.29, 1.82) is 0 Å². The van der Waals surface area contributed by atoms with Crippen LogP contribution in [0.15, 0.2) is 12.2 Å². The van der Waals surface area contributed by atoms with E-state index in [1.54, 1.807) is 0 Å². The summed E-state index contributed by atoms with van der Waals surface area (Å²) >= 11 is 0. The molecule has 10 heavy (non-hydrogen) atoms. The first kappa shape index (κ1) is 8.97. The summed E-state index contributed by atoms with van der Waals surface area (Å²) < 4.78 is 0. The number of aldehydes is 1. The van der Waals surface area contributed by atoms with Gasteiger partial charge in [0.2, 0.25) is 0 Å². The van der Waals surface area contributed by atoms with E-state index in [1.807, 2.05) is 19.9 Å². The summed E-state index contributed by atoms with van der Waals surface area (Å²) in [6.45, 7) is 3.99. The molecule has 0 saturated heterocycles. The summed E-state index contributed by atoms with van der Waals surface area (Å²) in [7, 11) is 0. The minimum atomic E-state index is -0.0460. The molecule has 0 fully saturated rings. The maximum absolute atomic E-state index is 9.92. The molecule has 1 nitrogen and oxygen atoms in total. The van der Waals surface area contributed by atoms with Crippen molar-refractivity contribution in [3.8, 4) is 12.3 Å². The van der Waals surface area contributed by atoms with Gasteiger partial charge in [-0.2, -0.15) is 0 Å². The molecule has 0 aromatic carbocycles. The standard InChI is InChI=1S/C9H12O/c1-4-6-9(2,3)7-5-8-10/h1,5,7-8H,6H2,2-3H3/b7-5+. The number of terminal acetylenes is 1. The summed E-state index contributed by atoms with van der Waals surface area (Å²) in [6, 6.07) is 0. The quantitative estimate of drug-likeness (QED) is 0.328.